The highest BCUT2D eigenvalue weighted by atomic mass is 16.2. The van der Waals surface area contributed by atoms with Gasteiger partial charge in [0.15, 0.2) is 0 Å². The van der Waals surface area contributed by atoms with Crippen molar-refractivity contribution in [3.05, 3.63) is 18.0 Å². The molecular weight excluding hydrogens is 180 g/mol. The minimum atomic E-state index is -0.118. The van der Waals surface area contributed by atoms with Crippen LogP contribution >= 0.6 is 0 Å². The monoisotopic (exact) mass is 192 g/mol. The topological polar surface area (TPSA) is 70.7 Å². The molecule has 1 amide bonds. The van der Waals surface area contributed by atoms with Crippen molar-refractivity contribution in [3.63, 3.8) is 0 Å². The summed E-state index contributed by atoms with van der Waals surface area (Å²) in [4.78, 5) is 11.3. The maximum absolute atomic E-state index is 11.3. The average Bonchev–Trinajstić information content (AvgIpc) is 2.52. The Morgan fingerprint density at radius 2 is 2.57 bits per heavy atom. The van der Waals surface area contributed by atoms with Gasteiger partial charge in [-0.1, -0.05) is 0 Å². The second kappa shape index (κ2) is 5.02. The number of nitrogens with one attached hydrogen (secondary N) is 1. The number of hydrogen-bond donors (Lipinski definition) is 1. The van der Waals surface area contributed by atoms with E-state index in [9.17, 15) is 4.79 Å². The van der Waals surface area contributed by atoms with E-state index in [0.29, 0.717) is 13.0 Å². The molecule has 0 aliphatic heterocycles. The molecule has 0 atom stereocenters. The highest BCUT2D eigenvalue weighted by Gasteiger charge is 2.03. The SMILES string of the molecule is Cc1ccnn1CC(=O)NCCC#N. The summed E-state index contributed by atoms with van der Waals surface area (Å²) in [6.07, 6.45) is 1.99. The van der Waals surface area contributed by atoms with Crippen molar-refractivity contribution in [1.29, 1.82) is 5.26 Å². The Labute approximate surface area is 82.3 Å². The number of carbonyl (C=O) groups is 1. The Hall–Kier alpha value is -1.83. The molecule has 1 N–H and O–H groups in total. The Balaban J connectivity index is 2.35. The number of hydrogen-bond acceptors (Lipinski definition) is 3. The van der Waals surface area contributed by atoms with Crippen molar-refractivity contribution >= 4 is 5.91 Å². The number of amides is 1. The number of aromatic nitrogens is 2. The van der Waals surface area contributed by atoms with E-state index >= 15 is 0 Å². The first-order valence-electron chi connectivity index (χ1n) is 4.36. The zero-order chi connectivity index (χ0) is 10.4. The van der Waals surface area contributed by atoms with Crippen molar-refractivity contribution in [3.8, 4) is 6.07 Å². The standard InChI is InChI=1S/C9H12N4O/c1-8-3-6-12-13(8)7-9(14)11-5-2-4-10/h3,6H,2,5,7H2,1H3,(H,11,14). The molecule has 0 radical (unpaired) electrons. The number of aryl methyl sites for hydroxylation is 1. The van der Waals surface area contributed by atoms with Crippen molar-refractivity contribution in [2.45, 2.75) is 19.9 Å². The molecule has 0 unspecified atom stereocenters. The van der Waals surface area contributed by atoms with Gasteiger partial charge < -0.3 is 5.32 Å². The molecule has 0 bridgehead atoms. The van der Waals surface area contributed by atoms with Gasteiger partial charge >= 0.3 is 0 Å². The van der Waals surface area contributed by atoms with Crippen molar-refractivity contribution < 1.29 is 4.79 Å². The second-order valence-corrected chi connectivity index (χ2v) is 2.89. The lowest BCUT2D eigenvalue weighted by Gasteiger charge is -2.04. The van der Waals surface area contributed by atoms with Gasteiger partial charge in [-0.05, 0) is 13.0 Å². The summed E-state index contributed by atoms with van der Waals surface area (Å²) in [5, 5.41) is 14.9. The number of carbonyl (C=O) groups excluding carboxylic acids is 1. The van der Waals surface area contributed by atoms with Crippen LogP contribution in [-0.2, 0) is 11.3 Å². The normalized spacial score (nSPS) is 9.43. The molecule has 0 aromatic carbocycles. The molecule has 1 heterocycles. The Kier molecular flexibility index (Phi) is 3.68. The molecule has 0 saturated carbocycles. The summed E-state index contributed by atoms with van der Waals surface area (Å²) in [5.74, 6) is -0.118. The molecule has 0 aliphatic carbocycles. The first kappa shape index (κ1) is 10.3. The lowest BCUT2D eigenvalue weighted by atomic mass is 10.4. The number of nitrogens with zero attached hydrogens (tertiary/aromatic N) is 3. The van der Waals surface area contributed by atoms with Gasteiger partial charge in [0, 0.05) is 18.4 Å². The van der Waals surface area contributed by atoms with Crippen LogP contribution in [0.3, 0.4) is 0 Å². The van der Waals surface area contributed by atoms with Crippen LogP contribution in [0.4, 0.5) is 0 Å². The fourth-order valence-electron chi connectivity index (χ4n) is 1.01. The molecule has 0 saturated heterocycles. The van der Waals surface area contributed by atoms with E-state index in [1.165, 1.54) is 0 Å². The Morgan fingerprint density at radius 1 is 1.79 bits per heavy atom. The average molecular weight is 192 g/mol. The van der Waals surface area contributed by atoms with E-state index in [-0.39, 0.29) is 12.5 Å². The maximum Gasteiger partial charge on any atom is 0.241 e. The number of rotatable bonds is 4. The van der Waals surface area contributed by atoms with Gasteiger partial charge in [0.2, 0.25) is 5.91 Å². The molecule has 5 nitrogen and oxygen atoms in total. The second-order valence-electron chi connectivity index (χ2n) is 2.89. The third kappa shape index (κ3) is 2.90. The summed E-state index contributed by atoms with van der Waals surface area (Å²) in [5.41, 5.74) is 0.945. The van der Waals surface area contributed by atoms with Crippen LogP contribution in [0.25, 0.3) is 0 Å². The molecule has 0 fully saturated rings. The summed E-state index contributed by atoms with van der Waals surface area (Å²) >= 11 is 0. The van der Waals surface area contributed by atoms with Gasteiger partial charge in [0.05, 0.1) is 12.5 Å². The zero-order valence-electron chi connectivity index (χ0n) is 8.03. The predicted molar refractivity (Wildman–Crippen MR) is 50.2 cm³/mol. The first-order valence-corrected chi connectivity index (χ1v) is 4.36. The lowest BCUT2D eigenvalue weighted by Crippen LogP contribution is -2.28. The molecular formula is C9H12N4O. The summed E-state index contributed by atoms with van der Waals surface area (Å²) < 4.78 is 1.61. The van der Waals surface area contributed by atoms with Gasteiger partial charge in [0.25, 0.3) is 0 Å². The third-order valence-corrected chi connectivity index (χ3v) is 1.78. The van der Waals surface area contributed by atoms with Crippen LogP contribution in [-0.4, -0.2) is 22.2 Å². The van der Waals surface area contributed by atoms with E-state index in [1.807, 2.05) is 19.1 Å². The quantitative estimate of drug-likeness (QED) is 0.694. The largest absolute Gasteiger partial charge is 0.353 e. The molecule has 74 valence electrons. The number of nitriles is 1. The Morgan fingerprint density at radius 3 is 3.14 bits per heavy atom. The van der Waals surface area contributed by atoms with Crippen molar-refractivity contribution in [2.24, 2.45) is 0 Å². The zero-order valence-corrected chi connectivity index (χ0v) is 8.03. The smallest absolute Gasteiger partial charge is 0.241 e. The fourth-order valence-corrected chi connectivity index (χ4v) is 1.01. The maximum atomic E-state index is 11.3. The van der Waals surface area contributed by atoms with E-state index in [1.54, 1.807) is 10.9 Å². The van der Waals surface area contributed by atoms with Crippen LogP contribution < -0.4 is 5.32 Å². The molecule has 5 heteroatoms. The van der Waals surface area contributed by atoms with Crippen LogP contribution in [0.5, 0.6) is 0 Å². The van der Waals surface area contributed by atoms with Crippen molar-refractivity contribution in [1.82, 2.24) is 15.1 Å². The molecule has 14 heavy (non-hydrogen) atoms. The summed E-state index contributed by atoms with van der Waals surface area (Å²) in [6.45, 7) is 2.50. The van der Waals surface area contributed by atoms with Gasteiger partial charge in [-0.25, -0.2) is 0 Å². The molecule has 1 rings (SSSR count). The molecule has 1 aromatic rings. The van der Waals surface area contributed by atoms with Gasteiger partial charge in [0.1, 0.15) is 6.54 Å². The fraction of sp³-hybridized carbons (Fsp3) is 0.444. The summed E-state index contributed by atoms with van der Waals surface area (Å²) in [6, 6.07) is 3.79. The minimum Gasteiger partial charge on any atom is -0.353 e. The highest BCUT2D eigenvalue weighted by Crippen LogP contribution is 1.94. The van der Waals surface area contributed by atoms with Crippen LogP contribution in [0.15, 0.2) is 12.3 Å². The van der Waals surface area contributed by atoms with Gasteiger partial charge in [-0.15, -0.1) is 0 Å². The van der Waals surface area contributed by atoms with Crippen LogP contribution in [0.1, 0.15) is 12.1 Å². The summed E-state index contributed by atoms with van der Waals surface area (Å²) in [7, 11) is 0. The van der Waals surface area contributed by atoms with Crippen LogP contribution in [0.2, 0.25) is 0 Å². The predicted octanol–water partition coefficient (Wildman–Crippen LogP) is 0.221. The van der Waals surface area contributed by atoms with Crippen LogP contribution in [0, 0.1) is 18.3 Å². The first-order chi connectivity index (χ1) is 6.74. The molecule has 1 aromatic heterocycles. The van der Waals surface area contributed by atoms with E-state index in [0.717, 1.165) is 5.69 Å². The lowest BCUT2D eigenvalue weighted by molar-refractivity contribution is -0.121. The molecule has 0 aliphatic rings. The molecule has 0 spiro atoms. The third-order valence-electron chi connectivity index (χ3n) is 1.78. The van der Waals surface area contributed by atoms with E-state index < -0.39 is 0 Å². The minimum absolute atomic E-state index is 0.118. The van der Waals surface area contributed by atoms with Gasteiger partial charge in [-0.2, -0.15) is 10.4 Å². The van der Waals surface area contributed by atoms with E-state index in [4.69, 9.17) is 5.26 Å². The van der Waals surface area contributed by atoms with Crippen molar-refractivity contribution in [2.75, 3.05) is 6.54 Å². The highest BCUT2D eigenvalue weighted by molar-refractivity contribution is 5.75. The van der Waals surface area contributed by atoms with E-state index in [2.05, 4.69) is 10.4 Å². The van der Waals surface area contributed by atoms with Gasteiger partial charge in [-0.3, -0.25) is 9.48 Å². The Bertz CT molecular complexity index is 350.